The van der Waals surface area contributed by atoms with E-state index in [4.69, 9.17) is 4.98 Å². The molecule has 2 aliphatic carbocycles. The van der Waals surface area contributed by atoms with Crippen molar-refractivity contribution in [3.8, 4) is 33.4 Å². The van der Waals surface area contributed by atoms with Gasteiger partial charge in [0.2, 0.25) is 0 Å². The second-order valence-electron chi connectivity index (χ2n) is 18.0. The van der Waals surface area contributed by atoms with Crippen LogP contribution < -0.4 is 0 Å². The Labute approximate surface area is 386 Å². The lowest BCUT2D eigenvalue weighted by molar-refractivity contribution is 0.0490. The molecule has 1 N–H and O–H groups in total. The largest absolute Gasteiger partial charge is 0.363 e. The molecule has 0 saturated carbocycles. The van der Waals surface area contributed by atoms with Gasteiger partial charge in [-0.25, -0.2) is 4.98 Å². The molecule has 10 aromatic rings. The molecule has 0 amide bonds. The van der Waals surface area contributed by atoms with Gasteiger partial charge in [-0.2, -0.15) is 0 Å². The lowest BCUT2D eigenvalue weighted by Gasteiger charge is -2.38. The maximum Gasteiger partial charge on any atom is 0.196 e. The predicted molar refractivity (Wildman–Crippen MR) is 265 cm³/mol. The smallest absolute Gasteiger partial charge is 0.196 e. The summed E-state index contributed by atoms with van der Waals surface area (Å²) in [5.41, 5.74) is 15.6. The average Bonchev–Trinajstić information content (AvgIpc) is 4.11. The summed E-state index contributed by atoms with van der Waals surface area (Å²) in [6.45, 7) is 4.51. The van der Waals surface area contributed by atoms with Crippen LogP contribution in [-0.2, 0) is 16.6 Å². The van der Waals surface area contributed by atoms with Crippen molar-refractivity contribution in [2.45, 2.75) is 36.3 Å². The van der Waals surface area contributed by atoms with Crippen molar-refractivity contribution in [2.24, 2.45) is 0 Å². The Bertz CT molecular complexity index is 3350. The third kappa shape index (κ3) is 5.61. The van der Waals surface area contributed by atoms with Crippen LogP contribution in [0.2, 0.25) is 0 Å². The lowest BCUT2D eigenvalue weighted by Crippen LogP contribution is -2.37. The quantitative estimate of drug-likeness (QED) is 0.157. The van der Waals surface area contributed by atoms with E-state index in [0.717, 1.165) is 44.6 Å². The maximum absolute atomic E-state index is 13.7. The Morgan fingerprint density at radius 2 is 0.970 bits per heavy atom. The number of nitrogens with zero attached hydrogens (tertiary/aromatic N) is 3. The monoisotopic (exact) mass is 849 g/mol. The fraction of sp³-hybridized carbons (Fsp3) is 0.0968. The third-order valence-electron chi connectivity index (χ3n) is 14.4. The molecule has 2 heterocycles. The number of benzene rings is 8. The van der Waals surface area contributed by atoms with Gasteiger partial charge in [0.15, 0.2) is 5.72 Å². The van der Waals surface area contributed by atoms with E-state index in [2.05, 4.69) is 195 Å². The first-order valence-electron chi connectivity index (χ1n) is 22.9. The molecule has 0 bridgehead atoms. The molecule has 8 aromatic carbocycles. The van der Waals surface area contributed by atoms with Crippen molar-refractivity contribution in [1.29, 1.82) is 0 Å². The van der Waals surface area contributed by atoms with E-state index in [1.54, 1.807) is 12.5 Å². The number of aromatic nitrogens is 3. The number of hydrogen-bond donors (Lipinski definition) is 1. The van der Waals surface area contributed by atoms with Gasteiger partial charge in [-0.15, -0.1) is 0 Å². The van der Waals surface area contributed by atoms with E-state index < -0.39 is 16.6 Å². The van der Waals surface area contributed by atoms with E-state index in [1.807, 2.05) is 53.4 Å². The van der Waals surface area contributed by atoms with Crippen LogP contribution in [0.15, 0.2) is 237 Å². The summed E-state index contributed by atoms with van der Waals surface area (Å²) in [4.78, 5) is 9.80. The Hall–Kier alpha value is -7.92. The van der Waals surface area contributed by atoms with E-state index in [1.165, 1.54) is 50.1 Å². The standard InChI is InChI=1S/C62H47N3O/c1-42(2)44-34-35-64-59(38-44)61(56-31-13-9-27-52(56)53-28-10-14-32-57(53)61)47-22-16-20-45(39-47)60(54-29-11-7-25-50(54)51-26-8-12-30-55(51)60)46-21-17-23-48(40-46)62(66,65-37-36-63-41-65)58-33-15-6-24-49(58)43-18-4-3-5-19-43/h3-42,66H,1-2H3. The van der Waals surface area contributed by atoms with Gasteiger partial charge in [-0.1, -0.05) is 208 Å². The average molecular weight is 850 g/mol. The molecule has 0 fully saturated rings. The summed E-state index contributed by atoms with van der Waals surface area (Å²) < 4.78 is 1.83. The van der Waals surface area contributed by atoms with Gasteiger partial charge >= 0.3 is 0 Å². The number of rotatable bonds is 9. The number of pyridine rings is 1. The molecule has 1 unspecified atom stereocenters. The molecule has 316 valence electrons. The second kappa shape index (κ2) is 15.4. The van der Waals surface area contributed by atoms with Crippen molar-refractivity contribution >= 4 is 0 Å². The highest BCUT2D eigenvalue weighted by Gasteiger charge is 2.51. The number of hydrogen-bond acceptors (Lipinski definition) is 3. The summed E-state index contributed by atoms with van der Waals surface area (Å²) in [6.07, 6.45) is 7.30. The van der Waals surface area contributed by atoms with Gasteiger partial charge in [0, 0.05) is 29.7 Å². The van der Waals surface area contributed by atoms with E-state index >= 15 is 0 Å². The normalized spacial score (nSPS) is 14.8. The minimum Gasteiger partial charge on any atom is -0.363 e. The molecule has 0 radical (unpaired) electrons. The van der Waals surface area contributed by atoms with Gasteiger partial charge in [0.1, 0.15) is 0 Å². The highest BCUT2D eigenvalue weighted by atomic mass is 16.3. The molecule has 0 spiro atoms. The topological polar surface area (TPSA) is 50.9 Å². The summed E-state index contributed by atoms with van der Waals surface area (Å²) in [6, 6.07) is 76.4. The molecule has 1 atom stereocenters. The fourth-order valence-electron chi connectivity index (χ4n) is 11.5. The molecular weight excluding hydrogens is 803 g/mol. The van der Waals surface area contributed by atoms with Crippen LogP contribution in [0.5, 0.6) is 0 Å². The van der Waals surface area contributed by atoms with Crippen molar-refractivity contribution in [2.75, 3.05) is 0 Å². The minimum absolute atomic E-state index is 0.324. The first kappa shape index (κ1) is 39.7. The summed E-state index contributed by atoms with van der Waals surface area (Å²) >= 11 is 0. The second-order valence-corrected chi connectivity index (χ2v) is 18.0. The lowest BCUT2D eigenvalue weighted by atomic mass is 9.64. The van der Waals surface area contributed by atoms with E-state index in [0.29, 0.717) is 5.92 Å². The maximum atomic E-state index is 13.7. The molecule has 12 rings (SSSR count). The highest BCUT2D eigenvalue weighted by molar-refractivity contribution is 5.88. The van der Waals surface area contributed by atoms with Crippen molar-refractivity contribution in [3.05, 3.63) is 299 Å². The van der Waals surface area contributed by atoms with Gasteiger partial charge in [-0.3, -0.25) is 4.98 Å². The van der Waals surface area contributed by atoms with Crippen LogP contribution in [0, 0.1) is 0 Å². The predicted octanol–water partition coefficient (Wildman–Crippen LogP) is 13.5. The van der Waals surface area contributed by atoms with Crippen LogP contribution in [-0.4, -0.2) is 19.6 Å². The van der Waals surface area contributed by atoms with Crippen LogP contribution in [0.1, 0.15) is 81.1 Å². The highest BCUT2D eigenvalue weighted by Crippen LogP contribution is 2.59. The van der Waals surface area contributed by atoms with E-state index in [-0.39, 0.29) is 0 Å². The summed E-state index contributed by atoms with van der Waals surface area (Å²) in [5, 5.41) is 13.7. The number of imidazole rings is 1. The number of fused-ring (bicyclic) bond motifs is 6. The molecule has 2 aliphatic rings. The molecular formula is C62H47N3O. The van der Waals surface area contributed by atoms with Gasteiger partial charge < -0.3 is 9.67 Å². The molecule has 2 aromatic heterocycles. The van der Waals surface area contributed by atoms with Gasteiger partial charge in [-0.05, 0) is 102 Å². The van der Waals surface area contributed by atoms with Gasteiger partial charge in [0.25, 0.3) is 0 Å². The SMILES string of the molecule is CC(C)c1ccnc(C2(c3cccc(C4(c5cccc(C(O)(c6ccccc6-c6ccccc6)n6ccnc6)c5)c5ccccc5-c5ccccc54)c3)c3ccccc3-c3ccccc32)c1. The van der Waals surface area contributed by atoms with Crippen LogP contribution >= 0.6 is 0 Å². The Kier molecular flexibility index (Phi) is 9.23. The Morgan fingerprint density at radius 3 is 1.55 bits per heavy atom. The third-order valence-corrected chi connectivity index (χ3v) is 14.4. The molecule has 4 nitrogen and oxygen atoms in total. The molecule has 66 heavy (non-hydrogen) atoms. The first-order chi connectivity index (χ1) is 32.4. The number of aliphatic hydroxyl groups is 1. The van der Waals surface area contributed by atoms with Gasteiger partial charge in [0.05, 0.1) is 22.9 Å². The molecule has 4 heteroatoms. The Morgan fingerprint density at radius 1 is 0.470 bits per heavy atom. The van der Waals surface area contributed by atoms with Crippen molar-refractivity contribution < 1.29 is 5.11 Å². The zero-order valence-corrected chi connectivity index (χ0v) is 36.9. The van der Waals surface area contributed by atoms with Crippen molar-refractivity contribution in [1.82, 2.24) is 14.5 Å². The first-order valence-corrected chi connectivity index (χ1v) is 22.9. The summed E-state index contributed by atoms with van der Waals surface area (Å²) in [7, 11) is 0. The molecule has 0 saturated heterocycles. The van der Waals surface area contributed by atoms with Crippen LogP contribution in [0.4, 0.5) is 0 Å². The fourth-order valence-corrected chi connectivity index (χ4v) is 11.5. The van der Waals surface area contributed by atoms with Crippen LogP contribution in [0.25, 0.3) is 33.4 Å². The zero-order chi connectivity index (χ0) is 44.5. The van der Waals surface area contributed by atoms with E-state index in [9.17, 15) is 5.11 Å². The zero-order valence-electron chi connectivity index (χ0n) is 36.9. The van der Waals surface area contributed by atoms with Crippen LogP contribution in [0.3, 0.4) is 0 Å². The van der Waals surface area contributed by atoms with Crippen molar-refractivity contribution in [3.63, 3.8) is 0 Å². The Balaban J connectivity index is 1.16. The minimum atomic E-state index is -1.63. The molecule has 0 aliphatic heterocycles. The summed E-state index contributed by atoms with van der Waals surface area (Å²) in [5.74, 6) is 0.324.